The van der Waals surface area contributed by atoms with Crippen LogP contribution in [0.15, 0.2) is 0 Å². The van der Waals surface area contributed by atoms with E-state index in [1.165, 1.54) is 0 Å². The van der Waals surface area contributed by atoms with Crippen molar-refractivity contribution in [3.05, 3.63) is 0 Å². The van der Waals surface area contributed by atoms with Gasteiger partial charge in [0.25, 0.3) is 0 Å². The van der Waals surface area contributed by atoms with Crippen molar-refractivity contribution < 1.29 is 10.2 Å². The Kier molecular flexibility index (Phi) is 7.11. The van der Waals surface area contributed by atoms with Crippen molar-refractivity contribution in [3.8, 4) is 24.7 Å². The van der Waals surface area contributed by atoms with Crippen LogP contribution in [0, 0.1) is 24.7 Å². The highest BCUT2D eigenvalue weighted by molar-refractivity contribution is 4.88. The van der Waals surface area contributed by atoms with Crippen molar-refractivity contribution in [3.63, 3.8) is 0 Å². The van der Waals surface area contributed by atoms with Gasteiger partial charge in [0.05, 0.1) is 12.2 Å². The van der Waals surface area contributed by atoms with E-state index in [1.807, 2.05) is 0 Å². The molecule has 0 fully saturated rings. The molecule has 0 aliphatic heterocycles. The molecular weight excluding hydrogens is 164 g/mol. The van der Waals surface area contributed by atoms with E-state index in [0.29, 0.717) is 25.7 Å². The Balaban J connectivity index is 3.35. The van der Waals surface area contributed by atoms with E-state index in [4.69, 9.17) is 12.8 Å². The molecule has 0 amide bonds. The predicted molar refractivity (Wildman–Crippen MR) is 52.8 cm³/mol. The minimum absolute atomic E-state index is 0.380. The van der Waals surface area contributed by atoms with E-state index in [-0.39, 0.29) is 0 Å². The molecule has 0 aliphatic rings. The Labute approximate surface area is 80.0 Å². The summed E-state index contributed by atoms with van der Waals surface area (Å²) in [4.78, 5) is 0. The van der Waals surface area contributed by atoms with Gasteiger partial charge in [0, 0.05) is 12.8 Å². The summed E-state index contributed by atoms with van der Waals surface area (Å²) in [5, 5.41) is 18.5. The zero-order valence-electron chi connectivity index (χ0n) is 7.74. The van der Waals surface area contributed by atoms with Crippen LogP contribution in [0.2, 0.25) is 0 Å². The van der Waals surface area contributed by atoms with Crippen LogP contribution in [-0.4, -0.2) is 22.4 Å². The van der Waals surface area contributed by atoms with Gasteiger partial charge in [0.15, 0.2) is 0 Å². The summed E-state index contributed by atoms with van der Waals surface area (Å²) in [6, 6.07) is 0. The van der Waals surface area contributed by atoms with Gasteiger partial charge in [0.2, 0.25) is 0 Å². The highest BCUT2D eigenvalue weighted by Gasteiger charge is 2.05. The van der Waals surface area contributed by atoms with Crippen molar-refractivity contribution in [2.45, 2.75) is 44.3 Å². The van der Waals surface area contributed by atoms with Crippen LogP contribution in [-0.2, 0) is 0 Å². The smallest absolute Gasteiger partial charge is 0.0649 e. The van der Waals surface area contributed by atoms with Crippen molar-refractivity contribution in [2.75, 3.05) is 0 Å². The third kappa shape index (κ3) is 7.40. The fourth-order valence-corrected chi connectivity index (χ4v) is 1.07. The third-order valence-electron chi connectivity index (χ3n) is 1.78. The van der Waals surface area contributed by atoms with E-state index in [9.17, 15) is 10.2 Å². The largest absolute Gasteiger partial charge is 0.392 e. The standard InChI is InChI=1S/C11H16O2/c1-3-6-10(12)8-5-9-11(13)7-4-2/h1-2,10-13H,5-9H2/t10-,11-/m0/s1. The molecule has 2 nitrogen and oxygen atoms in total. The number of aliphatic hydroxyl groups is 2. The second-order valence-corrected chi connectivity index (χ2v) is 3.06. The molecule has 0 heterocycles. The molecule has 2 atom stereocenters. The van der Waals surface area contributed by atoms with Gasteiger partial charge in [-0.2, -0.15) is 0 Å². The maximum absolute atomic E-state index is 9.23. The maximum atomic E-state index is 9.23. The first kappa shape index (κ1) is 12.0. The third-order valence-corrected chi connectivity index (χ3v) is 1.78. The van der Waals surface area contributed by atoms with E-state index < -0.39 is 12.2 Å². The van der Waals surface area contributed by atoms with Gasteiger partial charge in [0.1, 0.15) is 0 Å². The number of hydrogen-bond donors (Lipinski definition) is 2. The Morgan fingerprint density at radius 2 is 1.31 bits per heavy atom. The minimum Gasteiger partial charge on any atom is -0.392 e. The molecule has 0 spiro atoms. The summed E-state index contributed by atoms with van der Waals surface area (Å²) in [7, 11) is 0. The summed E-state index contributed by atoms with van der Waals surface area (Å²) in [5.41, 5.74) is 0. The molecule has 0 radical (unpaired) electrons. The van der Waals surface area contributed by atoms with Gasteiger partial charge in [-0.15, -0.1) is 24.7 Å². The number of hydrogen-bond acceptors (Lipinski definition) is 2. The summed E-state index contributed by atoms with van der Waals surface area (Å²) in [6.07, 6.45) is 11.9. The number of rotatable bonds is 6. The average Bonchev–Trinajstić information content (AvgIpc) is 2.05. The summed E-state index contributed by atoms with van der Waals surface area (Å²) in [5.74, 6) is 4.77. The first-order valence-electron chi connectivity index (χ1n) is 4.43. The number of terminal acetylenes is 2. The van der Waals surface area contributed by atoms with Crippen molar-refractivity contribution in [2.24, 2.45) is 0 Å². The van der Waals surface area contributed by atoms with Crippen LogP contribution in [0.3, 0.4) is 0 Å². The lowest BCUT2D eigenvalue weighted by Crippen LogP contribution is -2.09. The lowest BCUT2D eigenvalue weighted by Gasteiger charge is -2.09. The summed E-state index contributed by atoms with van der Waals surface area (Å²) < 4.78 is 0. The SMILES string of the molecule is C#CC[C@H](O)CCC[C@@H](O)CC#C. The molecule has 0 saturated carbocycles. The minimum atomic E-state index is -0.442. The highest BCUT2D eigenvalue weighted by atomic mass is 16.3. The lowest BCUT2D eigenvalue weighted by molar-refractivity contribution is 0.139. The molecule has 72 valence electrons. The molecule has 0 unspecified atom stereocenters. The fraction of sp³-hybridized carbons (Fsp3) is 0.636. The Bertz CT molecular complexity index is 175. The molecule has 13 heavy (non-hydrogen) atoms. The van der Waals surface area contributed by atoms with Gasteiger partial charge in [-0.05, 0) is 19.3 Å². The van der Waals surface area contributed by atoms with E-state index >= 15 is 0 Å². The zero-order chi connectivity index (χ0) is 10.1. The van der Waals surface area contributed by atoms with Gasteiger partial charge >= 0.3 is 0 Å². The molecule has 0 bridgehead atoms. The molecule has 0 aromatic rings. The van der Waals surface area contributed by atoms with Crippen LogP contribution in [0.4, 0.5) is 0 Å². The molecule has 0 saturated heterocycles. The fourth-order valence-electron chi connectivity index (χ4n) is 1.07. The van der Waals surface area contributed by atoms with Crippen LogP contribution < -0.4 is 0 Å². The van der Waals surface area contributed by atoms with Crippen molar-refractivity contribution in [1.82, 2.24) is 0 Å². The van der Waals surface area contributed by atoms with Crippen molar-refractivity contribution in [1.29, 1.82) is 0 Å². The van der Waals surface area contributed by atoms with Gasteiger partial charge < -0.3 is 10.2 Å². The van der Waals surface area contributed by atoms with Crippen LogP contribution in [0.1, 0.15) is 32.1 Å². The normalized spacial score (nSPS) is 14.2. The molecule has 2 heteroatoms. The Morgan fingerprint density at radius 3 is 1.62 bits per heavy atom. The molecule has 2 N–H and O–H groups in total. The molecule has 0 aliphatic carbocycles. The van der Waals surface area contributed by atoms with Gasteiger partial charge in [-0.3, -0.25) is 0 Å². The van der Waals surface area contributed by atoms with Crippen molar-refractivity contribution >= 4 is 0 Å². The first-order valence-corrected chi connectivity index (χ1v) is 4.43. The molecule has 0 aromatic heterocycles. The van der Waals surface area contributed by atoms with E-state index in [1.54, 1.807) is 0 Å². The predicted octanol–water partition coefficient (Wildman–Crippen LogP) is 0.925. The monoisotopic (exact) mass is 180 g/mol. The first-order chi connectivity index (χ1) is 6.20. The Hall–Kier alpha value is -0.960. The topological polar surface area (TPSA) is 40.5 Å². The average molecular weight is 180 g/mol. The van der Waals surface area contributed by atoms with E-state index in [2.05, 4.69) is 11.8 Å². The molecular formula is C11H16O2. The highest BCUT2D eigenvalue weighted by Crippen LogP contribution is 2.07. The van der Waals surface area contributed by atoms with Gasteiger partial charge in [-0.25, -0.2) is 0 Å². The van der Waals surface area contributed by atoms with Crippen LogP contribution in [0.25, 0.3) is 0 Å². The quantitative estimate of drug-likeness (QED) is 0.597. The summed E-state index contributed by atoms with van der Waals surface area (Å²) in [6.45, 7) is 0. The van der Waals surface area contributed by atoms with Crippen LogP contribution >= 0.6 is 0 Å². The summed E-state index contributed by atoms with van der Waals surface area (Å²) >= 11 is 0. The van der Waals surface area contributed by atoms with E-state index in [0.717, 1.165) is 6.42 Å². The molecule has 0 rings (SSSR count). The molecule has 0 aromatic carbocycles. The lowest BCUT2D eigenvalue weighted by atomic mass is 10.1. The number of aliphatic hydroxyl groups excluding tert-OH is 2. The zero-order valence-corrected chi connectivity index (χ0v) is 7.74. The van der Waals surface area contributed by atoms with Crippen LogP contribution in [0.5, 0.6) is 0 Å². The Morgan fingerprint density at radius 1 is 0.923 bits per heavy atom. The maximum Gasteiger partial charge on any atom is 0.0649 e. The second kappa shape index (κ2) is 7.68. The van der Waals surface area contributed by atoms with Gasteiger partial charge in [-0.1, -0.05) is 0 Å². The second-order valence-electron chi connectivity index (χ2n) is 3.06.